The number of carbonyl (C=O) groups excluding carboxylic acids is 2. The van der Waals surface area contributed by atoms with Crippen molar-refractivity contribution in [3.05, 3.63) is 94.8 Å². The average Bonchev–Trinajstić information content (AvgIpc) is 2.91. The number of hydrogen-bond donors (Lipinski definition) is 1. The van der Waals surface area contributed by atoms with Crippen LogP contribution >= 0.6 is 11.6 Å². The fourth-order valence-corrected chi connectivity index (χ4v) is 5.55. The van der Waals surface area contributed by atoms with E-state index in [0.29, 0.717) is 23.6 Å². The second-order valence-electron chi connectivity index (χ2n) is 8.79. The molecule has 0 aliphatic heterocycles. The molecule has 10 heteroatoms. The second-order valence-corrected chi connectivity index (χ2v) is 11.1. The van der Waals surface area contributed by atoms with Crippen LogP contribution in [0.3, 0.4) is 0 Å². The smallest absolute Gasteiger partial charge is 0.264 e. The number of amides is 2. The van der Waals surface area contributed by atoms with Crippen molar-refractivity contribution in [2.75, 3.05) is 17.4 Å². The van der Waals surface area contributed by atoms with Crippen LogP contribution in [0.4, 0.5) is 10.1 Å². The normalized spacial score (nSPS) is 12.0. The van der Waals surface area contributed by atoms with Crippen LogP contribution in [0.5, 0.6) is 0 Å². The first-order valence-corrected chi connectivity index (χ1v) is 14.0. The summed E-state index contributed by atoms with van der Waals surface area (Å²) in [7, 11) is -4.21. The lowest BCUT2D eigenvalue weighted by Gasteiger charge is -2.32. The molecule has 3 aromatic carbocycles. The van der Waals surface area contributed by atoms with Crippen molar-refractivity contribution < 1.29 is 22.4 Å². The molecule has 0 saturated heterocycles. The molecule has 0 aromatic heterocycles. The molecule has 2 amide bonds. The van der Waals surface area contributed by atoms with Crippen molar-refractivity contribution in [1.29, 1.82) is 0 Å². The Morgan fingerprint density at radius 2 is 1.66 bits per heavy atom. The number of rotatable bonds is 11. The van der Waals surface area contributed by atoms with Crippen molar-refractivity contribution in [3.63, 3.8) is 0 Å². The topological polar surface area (TPSA) is 86.8 Å². The number of nitrogens with zero attached hydrogens (tertiary/aromatic N) is 2. The zero-order valence-corrected chi connectivity index (χ0v) is 23.1. The summed E-state index contributed by atoms with van der Waals surface area (Å²) >= 11 is 6.31. The zero-order chi connectivity index (χ0) is 27.9. The van der Waals surface area contributed by atoms with Crippen LogP contribution < -0.4 is 9.62 Å². The van der Waals surface area contributed by atoms with Gasteiger partial charge in [-0.3, -0.25) is 13.9 Å². The number of hydrogen-bond acceptors (Lipinski definition) is 4. The maximum absolute atomic E-state index is 14.6. The van der Waals surface area contributed by atoms with Gasteiger partial charge in [0.1, 0.15) is 18.4 Å². The number of benzene rings is 3. The highest BCUT2D eigenvalue weighted by atomic mass is 35.5. The lowest BCUT2D eigenvalue weighted by Crippen LogP contribution is -2.51. The number of halogens is 2. The van der Waals surface area contributed by atoms with Gasteiger partial charge in [0.15, 0.2) is 0 Å². The lowest BCUT2D eigenvalue weighted by atomic mass is 10.1. The predicted octanol–water partition coefficient (Wildman–Crippen LogP) is 4.93. The molecule has 0 aliphatic rings. The largest absolute Gasteiger partial charge is 0.354 e. The summed E-state index contributed by atoms with van der Waals surface area (Å²) in [4.78, 5) is 27.8. The van der Waals surface area contributed by atoms with E-state index in [1.165, 1.54) is 42.2 Å². The van der Waals surface area contributed by atoms with Gasteiger partial charge < -0.3 is 10.2 Å². The molecule has 0 bridgehead atoms. The summed E-state index contributed by atoms with van der Waals surface area (Å²) in [6, 6.07) is 17.5. The molecular weight excluding hydrogens is 529 g/mol. The first-order chi connectivity index (χ1) is 18.1. The van der Waals surface area contributed by atoms with Crippen LogP contribution in [0.15, 0.2) is 77.7 Å². The Labute approximate surface area is 228 Å². The molecule has 7 nitrogen and oxygen atoms in total. The Balaban J connectivity index is 2.06. The van der Waals surface area contributed by atoms with Crippen molar-refractivity contribution in [3.8, 4) is 0 Å². The Bertz CT molecular complexity index is 1390. The highest BCUT2D eigenvalue weighted by Gasteiger charge is 2.33. The van der Waals surface area contributed by atoms with E-state index < -0.39 is 40.2 Å². The van der Waals surface area contributed by atoms with Crippen LogP contribution in [-0.2, 0) is 26.2 Å². The van der Waals surface area contributed by atoms with E-state index in [-0.39, 0.29) is 22.7 Å². The van der Waals surface area contributed by atoms with Crippen molar-refractivity contribution in [2.24, 2.45) is 0 Å². The van der Waals surface area contributed by atoms with Gasteiger partial charge in [-0.25, -0.2) is 12.8 Å². The van der Waals surface area contributed by atoms with Gasteiger partial charge in [0.05, 0.1) is 10.6 Å². The van der Waals surface area contributed by atoms with Crippen LogP contribution in [0.2, 0.25) is 5.02 Å². The molecule has 1 atom stereocenters. The third-order valence-electron chi connectivity index (χ3n) is 6.13. The molecule has 0 saturated carbocycles. The highest BCUT2D eigenvalue weighted by molar-refractivity contribution is 7.92. The van der Waals surface area contributed by atoms with Crippen molar-refractivity contribution in [1.82, 2.24) is 10.2 Å². The van der Waals surface area contributed by atoms with Crippen LogP contribution in [0.25, 0.3) is 0 Å². The molecule has 3 rings (SSSR count). The minimum Gasteiger partial charge on any atom is -0.354 e. The summed E-state index contributed by atoms with van der Waals surface area (Å²) in [5.41, 5.74) is 0.895. The van der Waals surface area contributed by atoms with Gasteiger partial charge in [0.2, 0.25) is 11.8 Å². The van der Waals surface area contributed by atoms with E-state index in [4.69, 9.17) is 11.6 Å². The number of carbonyl (C=O) groups is 2. The molecule has 3 aromatic rings. The van der Waals surface area contributed by atoms with E-state index in [1.54, 1.807) is 49.4 Å². The maximum atomic E-state index is 14.6. The van der Waals surface area contributed by atoms with E-state index in [2.05, 4.69) is 5.32 Å². The molecule has 0 heterocycles. The molecule has 0 fully saturated rings. The molecule has 0 spiro atoms. The Kier molecular flexibility index (Phi) is 9.88. The van der Waals surface area contributed by atoms with Crippen molar-refractivity contribution in [2.45, 2.75) is 44.7 Å². The van der Waals surface area contributed by atoms with Crippen molar-refractivity contribution >= 4 is 39.1 Å². The summed E-state index contributed by atoms with van der Waals surface area (Å²) in [5, 5.41) is 3.08. The number of anilines is 1. The number of sulfonamides is 1. The molecule has 1 unspecified atom stereocenters. The first kappa shape index (κ1) is 29.1. The number of nitrogens with one attached hydrogen (secondary N) is 1. The minimum atomic E-state index is -4.21. The monoisotopic (exact) mass is 559 g/mol. The molecule has 0 aliphatic carbocycles. The van der Waals surface area contributed by atoms with Crippen LogP contribution in [-0.4, -0.2) is 44.3 Å². The fraction of sp³-hybridized carbons (Fsp3) is 0.286. The standard InChI is InChI=1S/C28H31ClFN3O4S/c1-4-17-31-28(35)21(3)32(18-22-11-8-9-15-25(22)30)27(34)19-33(26-16-10-14-24(29)20(26)2)38(36,37)23-12-6-5-7-13-23/h5-16,21H,4,17-19H2,1-3H3,(H,31,35). The van der Waals surface area contributed by atoms with Gasteiger partial charge in [-0.05, 0) is 56.2 Å². The van der Waals surface area contributed by atoms with E-state index in [9.17, 15) is 22.4 Å². The van der Waals surface area contributed by atoms with Gasteiger partial charge in [0.25, 0.3) is 10.0 Å². The van der Waals surface area contributed by atoms with Gasteiger partial charge in [0, 0.05) is 23.7 Å². The summed E-state index contributed by atoms with van der Waals surface area (Å²) in [6.07, 6.45) is 0.691. The summed E-state index contributed by atoms with van der Waals surface area (Å²) in [6.45, 7) is 4.64. The summed E-state index contributed by atoms with van der Waals surface area (Å²) in [5.74, 6) is -1.63. The SMILES string of the molecule is CCCNC(=O)C(C)N(Cc1ccccc1F)C(=O)CN(c1cccc(Cl)c1C)S(=O)(=O)c1ccccc1. The van der Waals surface area contributed by atoms with Gasteiger partial charge in [-0.2, -0.15) is 0 Å². The molecular formula is C28H31ClFN3O4S. The maximum Gasteiger partial charge on any atom is 0.264 e. The predicted molar refractivity (Wildman–Crippen MR) is 147 cm³/mol. The third-order valence-corrected chi connectivity index (χ3v) is 8.32. The van der Waals surface area contributed by atoms with E-state index in [0.717, 1.165) is 4.31 Å². The molecule has 202 valence electrons. The van der Waals surface area contributed by atoms with E-state index in [1.807, 2.05) is 6.92 Å². The molecule has 1 N–H and O–H groups in total. The first-order valence-electron chi connectivity index (χ1n) is 12.2. The second kappa shape index (κ2) is 12.9. The van der Waals surface area contributed by atoms with E-state index >= 15 is 0 Å². The average molecular weight is 560 g/mol. The fourth-order valence-electron chi connectivity index (χ4n) is 3.89. The Morgan fingerprint density at radius 3 is 2.32 bits per heavy atom. The third kappa shape index (κ3) is 6.71. The van der Waals surface area contributed by atoms with Crippen LogP contribution in [0, 0.1) is 12.7 Å². The quantitative estimate of drug-likeness (QED) is 0.361. The Hall–Kier alpha value is -3.43. The summed E-state index contributed by atoms with van der Waals surface area (Å²) < 4.78 is 43.1. The minimum absolute atomic E-state index is 0.0124. The molecule has 38 heavy (non-hydrogen) atoms. The highest BCUT2D eigenvalue weighted by Crippen LogP contribution is 2.31. The van der Waals surface area contributed by atoms with Gasteiger partial charge in [-0.15, -0.1) is 0 Å². The zero-order valence-electron chi connectivity index (χ0n) is 21.5. The van der Waals surface area contributed by atoms with Gasteiger partial charge in [-0.1, -0.05) is 61.0 Å². The molecule has 0 radical (unpaired) electrons. The Morgan fingerprint density at radius 1 is 1.00 bits per heavy atom. The van der Waals surface area contributed by atoms with Gasteiger partial charge >= 0.3 is 0 Å². The lowest BCUT2D eigenvalue weighted by molar-refractivity contribution is -0.139. The van der Waals surface area contributed by atoms with Crippen LogP contribution in [0.1, 0.15) is 31.4 Å².